The Morgan fingerprint density at radius 1 is 1.08 bits per heavy atom. The van der Waals surface area contributed by atoms with Crippen molar-refractivity contribution in [3.05, 3.63) is 42.3 Å². The minimum Gasteiger partial charge on any atom is -0.497 e. The molecule has 2 heterocycles. The Morgan fingerprint density at radius 2 is 1.83 bits per heavy atom. The summed E-state index contributed by atoms with van der Waals surface area (Å²) < 4.78 is 42.9. The normalized spacial score (nSPS) is 11.4. The summed E-state index contributed by atoms with van der Waals surface area (Å²) in [5.74, 6) is 1.40. The zero-order valence-electron chi connectivity index (χ0n) is 13.0. The van der Waals surface area contributed by atoms with Crippen LogP contribution in [0.2, 0.25) is 0 Å². The Morgan fingerprint density at radius 3 is 2.46 bits per heavy atom. The molecule has 1 N–H and O–H groups in total. The summed E-state index contributed by atoms with van der Waals surface area (Å²) in [5, 5.41) is 7.38. The molecular formula is C15H15N3O5S. The molecule has 0 aliphatic rings. The van der Waals surface area contributed by atoms with Crippen molar-refractivity contribution in [2.75, 3.05) is 11.8 Å². The van der Waals surface area contributed by atoms with Gasteiger partial charge in [-0.3, -0.25) is 4.72 Å². The minimum atomic E-state index is -3.87. The molecule has 3 rings (SSSR count). The van der Waals surface area contributed by atoms with Gasteiger partial charge in [0.05, 0.1) is 7.11 Å². The van der Waals surface area contributed by atoms with E-state index in [9.17, 15) is 8.42 Å². The second-order valence-electron chi connectivity index (χ2n) is 4.81. The summed E-state index contributed by atoms with van der Waals surface area (Å²) in [6, 6.07) is 9.27. The van der Waals surface area contributed by atoms with Gasteiger partial charge >= 0.3 is 0 Å². The van der Waals surface area contributed by atoms with Crippen LogP contribution in [0.15, 0.2) is 50.3 Å². The van der Waals surface area contributed by atoms with Crippen LogP contribution >= 0.6 is 0 Å². The summed E-state index contributed by atoms with van der Waals surface area (Å²) in [7, 11) is -2.33. The van der Waals surface area contributed by atoms with Crippen molar-refractivity contribution < 1.29 is 22.0 Å². The molecule has 0 amide bonds. The zero-order valence-corrected chi connectivity index (χ0v) is 13.8. The Balaban J connectivity index is 1.81. The maximum Gasteiger partial charge on any atom is 0.295 e. The molecule has 0 spiro atoms. The van der Waals surface area contributed by atoms with E-state index in [1.807, 2.05) is 6.92 Å². The van der Waals surface area contributed by atoms with E-state index in [4.69, 9.17) is 13.6 Å². The van der Waals surface area contributed by atoms with E-state index in [0.717, 1.165) is 0 Å². The molecule has 126 valence electrons. The molecule has 1 aromatic carbocycles. The standard InChI is InChI=1S/C15H15N3O5S/c1-3-13-16-17-15(23-13)12-8-9-14(22-12)24(19,20)18-10-4-6-11(21-2)7-5-10/h4-9,18H,3H2,1-2H3. The summed E-state index contributed by atoms with van der Waals surface area (Å²) in [6.07, 6.45) is 0.581. The third-order valence-corrected chi connectivity index (χ3v) is 4.42. The highest BCUT2D eigenvalue weighted by atomic mass is 32.2. The zero-order chi connectivity index (χ0) is 17.2. The van der Waals surface area contributed by atoms with Gasteiger partial charge < -0.3 is 13.6 Å². The molecule has 8 nitrogen and oxygen atoms in total. The number of ether oxygens (including phenoxy) is 1. The number of furan rings is 1. The van der Waals surface area contributed by atoms with Crippen molar-refractivity contribution in [1.82, 2.24) is 10.2 Å². The van der Waals surface area contributed by atoms with Crippen molar-refractivity contribution in [1.29, 1.82) is 0 Å². The highest BCUT2D eigenvalue weighted by Gasteiger charge is 2.21. The fourth-order valence-corrected chi connectivity index (χ4v) is 2.93. The Labute approximate surface area is 138 Å². The maximum absolute atomic E-state index is 12.4. The van der Waals surface area contributed by atoms with E-state index in [-0.39, 0.29) is 16.7 Å². The summed E-state index contributed by atoms with van der Waals surface area (Å²) >= 11 is 0. The first kappa shape index (κ1) is 16.1. The predicted octanol–water partition coefficient (Wildman–Crippen LogP) is 2.70. The number of nitrogens with one attached hydrogen (secondary N) is 1. The lowest BCUT2D eigenvalue weighted by Gasteiger charge is -2.06. The first-order chi connectivity index (χ1) is 11.5. The molecule has 0 saturated carbocycles. The number of aryl methyl sites for hydroxylation is 1. The second-order valence-corrected chi connectivity index (χ2v) is 6.42. The molecule has 9 heteroatoms. The van der Waals surface area contributed by atoms with Crippen molar-refractivity contribution in [3.63, 3.8) is 0 Å². The number of sulfonamides is 1. The molecule has 0 radical (unpaired) electrons. The lowest BCUT2D eigenvalue weighted by molar-refractivity contribution is 0.415. The highest BCUT2D eigenvalue weighted by molar-refractivity contribution is 7.92. The van der Waals surface area contributed by atoms with E-state index in [1.54, 1.807) is 24.3 Å². The van der Waals surface area contributed by atoms with Gasteiger partial charge in [0, 0.05) is 12.1 Å². The molecule has 0 fully saturated rings. The van der Waals surface area contributed by atoms with E-state index in [2.05, 4.69) is 14.9 Å². The van der Waals surface area contributed by atoms with E-state index in [1.165, 1.54) is 19.2 Å². The van der Waals surface area contributed by atoms with E-state index in [0.29, 0.717) is 23.7 Å². The van der Waals surface area contributed by atoms with Crippen molar-refractivity contribution >= 4 is 15.7 Å². The SMILES string of the molecule is CCc1nnc(-c2ccc(S(=O)(=O)Nc3ccc(OC)cc3)o2)o1. The smallest absolute Gasteiger partial charge is 0.295 e. The Hall–Kier alpha value is -2.81. The molecule has 0 saturated heterocycles. The quantitative estimate of drug-likeness (QED) is 0.729. The number of methoxy groups -OCH3 is 1. The molecular weight excluding hydrogens is 334 g/mol. The Kier molecular flexibility index (Phi) is 4.26. The van der Waals surface area contributed by atoms with E-state index >= 15 is 0 Å². The van der Waals surface area contributed by atoms with Gasteiger partial charge in [-0.1, -0.05) is 6.92 Å². The fourth-order valence-electron chi connectivity index (χ4n) is 1.94. The third-order valence-electron chi connectivity index (χ3n) is 3.17. The van der Waals surface area contributed by atoms with Gasteiger partial charge in [0.1, 0.15) is 5.75 Å². The first-order valence-corrected chi connectivity index (χ1v) is 8.59. The van der Waals surface area contributed by atoms with Crippen LogP contribution < -0.4 is 9.46 Å². The minimum absolute atomic E-state index is 0.137. The third kappa shape index (κ3) is 3.25. The summed E-state index contributed by atoms with van der Waals surface area (Å²) in [6.45, 7) is 1.87. The number of aromatic nitrogens is 2. The monoisotopic (exact) mass is 349 g/mol. The van der Waals surface area contributed by atoms with Crippen LogP contribution in [0.3, 0.4) is 0 Å². The summed E-state index contributed by atoms with van der Waals surface area (Å²) in [5.41, 5.74) is 0.389. The average Bonchev–Trinajstić information content (AvgIpc) is 3.24. The van der Waals surface area contributed by atoms with Crippen molar-refractivity contribution in [2.45, 2.75) is 18.4 Å². The molecule has 0 bridgehead atoms. The molecule has 0 atom stereocenters. The average molecular weight is 349 g/mol. The summed E-state index contributed by atoms with van der Waals surface area (Å²) in [4.78, 5) is 0. The van der Waals surface area contributed by atoms with Gasteiger partial charge in [-0.2, -0.15) is 8.42 Å². The van der Waals surface area contributed by atoms with Crippen LogP contribution in [0.5, 0.6) is 5.75 Å². The van der Waals surface area contributed by atoms with Crippen LogP contribution in [0.1, 0.15) is 12.8 Å². The molecule has 0 aliphatic heterocycles. The van der Waals surface area contributed by atoms with Gasteiger partial charge in [-0.25, -0.2) is 0 Å². The molecule has 3 aromatic rings. The first-order valence-electron chi connectivity index (χ1n) is 7.11. The van der Waals surface area contributed by atoms with Gasteiger partial charge in [0.2, 0.25) is 11.0 Å². The molecule has 24 heavy (non-hydrogen) atoms. The van der Waals surface area contributed by atoms with Crippen LogP contribution in [-0.4, -0.2) is 25.7 Å². The van der Waals surface area contributed by atoms with Gasteiger partial charge in [-0.15, -0.1) is 10.2 Å². The lowest BCUT2D eigenvalue weighted by Crippen LogP contribution is -2.11. The number of benzene rings is 1. The topological polar surface area (TPSA) is 107 Å². The van der Waals surface area contributed by atoms with Gasteiger partial charge in [-0.05, 0) is 36.4 Å². The second kappa shape index (κ2) is 6.36. The van der Waals surface area contributed by atoms with Crippen LogP contribution in [0.25, 0.3) is 11.7 Å². The Bertz CT molecular complexity index is 928. The highest BCUT2D eigenvalue weighted by Crippen LogP contribution is 2.25. The molecule has 2 aromatic heterocycles. The van der Waals surface area contributed by atoms with Gasteiger partial charge in [0.15, 0.2) is 5.76 Å². The maximum atomic E-state index is 12.4. The number of hydrogen-bond donors (Lipinski definition) is 1. The number of anilines is 1. The van der Waals surface area contributed by atoms with Gasteiger partial charge in [0.25, 0.3) is 15.9 Å². The number of rotatable bonds is 6. The van der Waals surface area contributed by atoms with Crippen LogP contribution in [0.4, 0.5) is 5.69 Å². The van der Waals surface area contributed by atoms with Crippen molar-refractivity contribution in [3.8, 4) is 17.4 Å². The lowest BCUT2D eigenvalue weighted by atomic mass is 10.3. The predicted molar refractivity (Wildman–Crippen MR) is 85.2 cm³/mol. The number of hydrogen-bond acceptors (Lipinski definition) is 7. The number of nitrogens with zero attached hydrogens (tertiary/aromatic N) is 2. The molecule has 0 aliphatic carbocycles. The molecule has 0 unspecified atom stereocenters. The largest absolute Gasteiger partial charge is 0.497 e. The fraction of sp³-hybridized carbons (Fsp3) is 0.200. The van der Waals surface area contributed by atoms with Crippen LogP contribution in [0, 0.1) is 0 Å². The van der Waals surface area contributed by atoms with Crippen molar-refractivity contribution in [2.24, 2.45) is 0 Å². The van der Waals surface area contributed by atoms with E-state index < -0.39 is 10.0 Å². The van der Waals surface area contributed by atoms with Crippen LogP contribution in [-0.2, 0) is 16.4 Å².